The molecule has 0 saturated heterocycles. The average Bonchev–Trinajstić information content (AvgIpc) is 2.40. The topological polar surface area (TPSA) is 84.6 Å². The van der Waals surface area contributed by atoms with Crippen molar-refractivity contribution in [3.63, 3.8) is 0 Å². The van der Waals surface area contributed by atoms with Gasteiger partial charge in [0.2, 0.25) is 0 Å². The first-order valence-electron chi connectivity index (χ1n) is 5.74. The van der Waals surface area contributed by atoms with E-state index in [1.807, 2.05) is 0 Å². The average molecular weight is 293 g/mol. The number of anilines is 3. The minimum Gasteiger partial charge on any atom is -0.495 e. The molecule has 0 aliphatic heterocycles. The summed E-state index contributed by atoms with van der Waals surface area (Å²) < 4.78 is 5.11. The smallest absolute Gasteiger partial charge is 0.337 e. The summed E-state index contributed by atoms with van der Waals surface area (Å²) >= 11 is 5.94. The molecule has 0 bridgehead atoms. The van der Waals surface area contributed by atoms with Crippen molar-refractivity contribution in [1.82, 2.24) is 0 Å². The molecule has 0 aliphatic carbocycles. The Bertz CT molecular complexity index is 659. The van der Waals surface area contributed by atoms with Crippen molar-refractivity contribution in [3.8, 4) is 5.75 Å². The monoisotopic (exact) mass is 292 g/mol. The number of aromatic carboxylic acids is 1. The van der Waals surface area contributed by atoms with Gasteiger partial charge in [-0.3, -0.25) is 0 Å². The fourth-order valence-electron chi connectivity index (χ4n) is 1.74. The first kappa shape index (κ1) is 14.0. The lowest BCUT2D eigenvalue weighted by atomic mass is 10.1. The second kappa shape index (κ2) is 5.71. The fraction of sp³-hybridized carbons (Fsp3) is 0.0714. The van der Waals surface area contributed by atoms with E-state index in [2.05, 4.69) is 5.32 Å². The zero-order chi connectivity index (χ0) is 14.7. The molecule has 2 aromatic rings. The Morgan fingerprint density at radius 2 is 2.05 bits per heavy atom. The first-order valence-corrected chi connectivity index (χ1v) is 6.12. The van der Waals surface area contributed by atoms with Crippen molar-refractivity contribution in [2.45, 2.75) is 0 Å². The Balaban J connectivity index is 2.39. The summed E-state index contributed by atoms with van der Waals surface area (Å²) in [6.07, 6.45) is 0. The molecule has 0 fully saturated rings. The van der Waals surface area contributed by atoms with Gasteiger partial charge in [0.1, 0.15) is 5.75 Å². The number of nitrogens with one attached hydrogen (secondary N) is 1. The lowest BCUT2D eigenvalue weighted by Gasteiger charge is -2.12. The summed E-state index contributed by atoms with van der Waals surface area (Å²) in [4.78, 5) is 11.2. The Morgan fingerprint density at radius 3 is 2.70 bits per heavy atom. The number of benzene rings is 2. The number of hydrogen-bond acceptors (Lipinski definition) is 4. The molecule has 0 radical (unpaired) electrons. The predicted molar refractivity (Wildman–Crippen MR) is 79.1 cm³/mol. The number of methoxy groups -OCH3 is 1. The number of hydrogen-bond donors (Lipinski definition) is 3. The molecule has 104 valence electrons. The Kier molecular flexibility index (Phi) is 4.00. The van der Waals surface area contributed by atoms with Gasteiger partial charge in [-0.15, -0.1) is 0 Å². The molecule has 0 atom stereocenters. The van der Waals surface area contributed by atoms with E-state index in [4.69, 9.17) is 27.2 Å². The molecule has 20 heavy (non-hydrogen) atoms. The molecule has 2 rings (SSSR count). The quantitative estimate of drug-likeness (QED) is 0.752. The molecule has 0 amide bonds. The molecule has 0 aromatic heterocycles. The summed E-state index contributed by atoms with van der Waals surface area (Å²) in [7, 11) is 1.51. The highest BCUT2D eigenvalue weighted by atomic mass is 35.5. The lowest BCUT2D eigenvalue weighted by Crippen LogP contribution is -2.03. The number of rotatable bonds is 4. The predicted octanol–water partition coefficient (Wildman–Crippen LogP) is 3.37. The zero-order valence-electron chi connectivity index (χ0n) is 10.7. The largest absolute Gasteiger partial charge is 0.495 e. The summed E-state index contributed by atoms with van der Waals surface area (Å²) in [6.45, 7) is 0. The Labute approximate surface area is 120 Å². The minimum absolute atomic E-state index is 0.133. The van der Waals surface area contributed by atoms with Crippen LogP contribution >= 0.6 is 11.6 Å². The van der Waals surface area contributed by atoms with Gasteiger partial charge in [-0.1, -0.05) is 11.6 Å². The van der Waals surface area contributed by atoms with Gasteiger partial charge in [0.25, 0.3) is 0 Å². The summed E-state index contributed by atoms with van der Waals surface area (Å²) in [5, 5.41) is 12.6. The first-order chi connectivity index (χ1) is 9.51. The van der Waals surface area contributed by atoms with E-state index in [1.54, 1.807) is 24.3 Å². The summed E-state index contributed by atoms with van der Waals surface area (Å²) in [5.74, 6) is -0.536. The van der Waals surface area contributed by atoms with Crippen LogP contribution in [0.1, 0.15) is 10.4 Å². The molecule has 0 spiro atoms. The molecule has 0 heterocycles. The van der Waals surface area contributed by atoms with Gasteiger partial charge in [-0.05, 0) is 30.3 Å². The maximum absolute atomic E-state index is 11.2. The van der Waals surface area contributed by atoms with Gasteiger partial charge in [-0.25, -0.2) is 4.79 Å². The zero-order valence-corrected chi connectivity index (χ0v) is 11.4. The van der Waals surface area contributed by atoms with E-state index in [9.17, 15) is 4.79 Å². The van der Waals surface area contributed by atoms with Gasteiger partial charge in [-0.2, -0.15) is 0 Å². The number of nitrogens with two attached hydrogens (primary N) is 1. The van der Waals surface area contributed by atoms with Crippen LogP contribution in [0.2, 0.25) is 5.02 Å². The fourth-order valence-corrected chi connectivity index (χ4v) is 1.94. The number of carboxylic acids is 1. The van der Waals surface area contributed by atoms with E-state index in [-0.39, 0.29) is 5.56 Å². The highest BCUT2D eigenvalue weighted by Crippen LogP contribution is 2.30. The van der Waals surface area contributed by atoms with Crippen LogP contribution in [0.15, 0.2) is 36.4 Å². The number of halogens is 1. The standard InChI is InChI=1S/C14H13ClN2O3/c1-20-13-7-9(3-5-11(13)15)17-12-6-8(16)2-4-10(12)14(18)19/h2-7,17H,16H2,1H3,(H,18,19). The SMILES string of the molecule is COc1cc(Nc2cc(N)ccc2C(=O)O)ccc1Cl. The van der Waals surface area contributed by atoms with E-state index < -0.39 is 5.97 Å². The number of nitrogen functional groups attached to an aromatic ring is 1. The Morgan fingerprint density at radius 1 is 1.30 bits per heavy atom. The van der Waals surface area contributed by atoms with Crippen molar-refractivity contribution < 1.29 is 14.6 Å². The molecule has 0 unspecified atom stereocenters. The Hall–Kier alpha value is -2.40. The molecule has 5 nitrogen and oxygen atoms in total. The number of carbonyl (C=O) groups is 1. The third-order valence-corrected chi connectivity index (χ3v) is 3.02. The van der Waals surface area contributed by atoms with Crippen LogP contribution in [-0.2, 0) is 0 Å². The molecular formula is C14H13ClN2O3. The van der Waals surface area contributed by atoms with Crippen LogP contribution in [0.3, 0.4) is 0 Å². The van der Waals surface area contributed by atoms with E-state index in [0.29, 0.717) is 27.8 Å². The van der Waals surface area contributed by atoms with Gasteiger partial charge < -0.3 is 20.9 Å². The van der Waals surface area contributed by atoms with Crippen molar-refractivity contribution in [2.75, 3.05) is 18.2 Å². The van der Waals surface area contributed by atoms with Gasteiger partial charge in [0.15, 0.2) is 0 Å². The van der Waals surface area contributed by atoms with Crippen molar-refractivity contribution >= 4 is 34.6 Å². The minimum atomic E-state index is -1.03. The van der Waals surface area contributed by atoms with Crippen molar-refractivity contribution in [3.05, 3.63) is 47.0 Å². The number of ether oxygens (including phenoxy) is 1. The molecule has 0 aliphatic rings. The summed E-state index contributed by atoms with van der Waals surface area (Å²) in [5.41, 5.74) is 7.34. The second-order valence-corrected chi connectivity index (χ2v) is 4.49. The van der Waals surface area contributed by atoms with Crippen molar-refractivity contribution in [2.24, 2.45) is 0 Å². The van der Waals surface area contributed by atoms with Crippen LogP contribution in [0, 0.1) is 0 Å². The van der Waals surface area contributed by atoms with Gasteiger partial charge in [0.05, 0.1) is 23.4 Å². The highest BCUT2D eigenvalue weighted by Gasteiger charge is 2.11. The maximum Gasteiger partial charge on any atom is 0.337 e. The highest BCUT2D eigenvalue weighted by molar-refractivity contribution is 6.32. The third-order valence-electron chi connectivity index (χ3n) is 2.70. The van der Waals surface area contributed by atoms with Crippen LogP contribution < -0.4 is 15.8 Å². The van der Waals surface area contributed by atoms with Gasteiger partial charge in [0, 0.05) is 17.4 Å². The van der Waals surface area contributed by atoms with Crippen LogP contribution in [0.4, 0.5) is 17.1 Å². The second-order valence-electron chi connectivity index (χ2n) is 4.08. The molecule has 2 aromatic carbocycles. The molecular weight excluding hydrogens is 280 g/mol. The maximum atomic E-state index is 11.2. The van der Waals surface area contributed by atoms with Crippen LogP contribution in [0.5, 0.6) is 5.75 Å². The molecule has 6 heteroatoms. The van der Waals surface area contributed by atoms with E-state index >= 15 is 0 Å². The third kappa shape index (κ3) is 2.95. The number of carboxylic acid groups (broad SMARTS) is 1. The van der Waals surface area contributed by atoms with Crippen LogP contribution in [-0.4, -0.2) is 18.2 Å². The van der Waals surface area contributed by atoms with E-state index in [0.717, 1.165) is 0 Å². The molecule has 0 saturated carbocycles. The normalized spacial score (nSPS) is 10.1. The lowest BCUT2D eigenvalue weighted by molar-refractivity contribution is 0.0698. The van der Waals surface area contributed by atoms with Gasteiger partial charge >= 0.3 is 5.97 Å². The summed E-state index contributed by atoms with van der Waals surface area (Å²) in [6, 6.07) is 9.61. The van der Waals surface area contributed by atoms with E-state index in [1.165, 1.54) is 19.2 Å². The van der Waals surface area contributed by atoms with Crippen LogP contribution in [0.25, 0.3) is 0 Å². The van der Waals surface area contributed by atoms with Crippen molar-refractivity contribution in [1.29, 1.82) is 0 Å². The molecule has 4 N–H and O–H groups in total.